The van der Waals surface area contributed by atoms with E-state index < -0.39 is 0 Å². The molecule has 2 aliphatic heterocycles. The standard InChI is InChI=1S/C31H30N2O5/c1-19-15-24-29(31(36)33(30(24)35)21-7-3-2-4-8-21)25-18-37-27(28(19)25)13-10-20(26-9-5-6-14-32-26)16-22-11-12-23(17-34)38-22/h2-9,11-12,14,16,24-25,27,29,34H,10,13,15,17-18H2,1H3/b20-16-/t24-,25+,27-,29-/m1/s1. The van der Waals surface area contributed by atoms with Crippen molar-refractivity contribution in [1.82, 2.24) is 4.98 Å². The molecule has 1 aromatic carbocycles. The minimum atomic E-state index is -0.378. The van der Waals surface area contributed by atoms with Crippen LogP contribution in [0.1, 0.15) is 43.4 Å². The number of benzene rings is 1. The smallest absolute Gasteiger partial charge is 0.238 e. The lowest BCUT2D eigenvalue weighted by atomic mass is 9.70. The predicted octanol–water partition coefficient (Wildman–Crippen LogP) is 5.03. The van der Waals surface area contributed by atoms with Gasteiger partial charge >= 0.3 is 0 Å². The van der Waals surface area contributed by atoms with Crippen molar-refractivity contribution in [1.29, 1.82) is 0 Å². The zero-order valence-corrected chi connectivity index (χ0v) is 21.2. The Morgan fingerprint density at radius 2 is 1.87 bits per heavy atom. The number of carbonyl (C=O) groups excluding carboxylic acids is 2. The second-order valence-corrected chi connectivity index (χ2v) is 10.2. The normalized spacial score (nSPS) is 25.2. The number of allylic oxidation sites excluding steroid dienone is 2. The Labute approximate surface area is 221 Å². The van der Waals surface area contributed by atoms with Crippen molar-refractivity contribution < 1.29 is 23.8 Å². The quantitative estimate of drug-likeness (QED) is 0.354. The summed E-state index contributed by atoms with van der Waals surface area (Å²) in [7, 11) is 0. The molecule has 7 nitrogen and oxygen atoms in total. The molecule has 1 N–H and O–H groups in total. The van der Waals surface area contributed by atoms with Crippen molar-refractivity contribution in [3.05, 3.63) is 95.2 Å². The third-order valence-corrected chi connectivity index (χ3v) is 7.99. The number of aliphatic hydroxyl groups excluding tert-OH is 1. The first-order valence-electron chi connectivity index (χ1n) is 13.1. The van der Waals surface area contributed by atoms with Crippen molar-refractivity contribution in [3.63, 3.8) is 0 Å². The van der Waals surface area contributed by atoms with Gasteiger partial charge in [0.25, 0.3) is 0 Å². The number of ether oxygens (including phenoxy) is 1. The molecule has 2 saturated heterocycles. The Balaban J connectivity index is 1.24. The average Bonchev–Trinajstić information content (AvgIpc) is 3.64. The Hall–Kier alpha value is -3.81. The van der Waals surface area contributed by atoms with Crippen LogP contribution in [0.2, 0.25) is 0 Å². The number of hydrogen-bond acceptors (Lipinski definition) is 6. The highest BCUT2D eigenvalue weighted by Crippen LogP contribution is 2.50. The molecule has 0 unspecified atom stereocenters. The SMILES string of the molecule is CC1=C2[C@@H](CC/C(=C/c3ccc(CO)o3)c3ccccn3)OC[C@@H]2[C@@H]2C(=O)N(c3ccccc3)C(=O)[C@@H]2C1. The van der Waals surface area contributed by atoms with E-state index in [0.717, 1.165) is 23.3 Å². The van der Waals surface area contributed by atoms with Crippen LogP contribution in [0.4, 0.5) is 5.69 Å². The Morgan fingerprint density at radius 3 is 2.61 bits per heavy atom. The molecule has 7 heteroatoms. The van der Waals surface area contributed by atoms with Gasteiger partial charge in [-0.2, -0.15) is 0 Å². The Bertz CT molecular complexity index is 1410. The van der Waals surface area contributed by atoms with Gasteiger partial charge in [-0.3, -0.25) is 19.5 Å². The summed E-state index contributed by atoms with van der Waals surface area (Å²) in [6, 6.07) is 18.6. The van der Waals surface area contributed by atoms with Crippen molar-refractivity contribution >= 4 is 29.2 Å². The highest BCUT2D eigenvalue weighted by molar-refractivity contribution is 6.22. The number of nitrogens with zero attached hydrogens (tertiary/aromatic N) is 2. The van der Waals surface area contributed by atoms with Crippen LogP contribution < -0.4 is 4.90 Å². The molecule has 0 saturated carbocycles. The van der Waals surface area contributed by atoms with Crippen molar-refractivity contribution in [2.45, 2.75) is 38.9 Å². The lowest BCUT2D eigenvalue weighted by Crippen LogP contribution is -2.34. The molecular formula is C31H30N2O5. The summed E-state index contributed by atoms with van der Waals surface area (Å²) in [6.07, 6.45) is 5.61. The van der Waals surface area contributed by atoms with Crippen LogP contribution in [0.3, 0.4) is 0 Å². The zero-order valence-electron chi connectivity index (χ0n) is 21.2. The molecule has 0 spiro atoms. The van der Waals surface area contributed by atoms with Gasteiger partial charge in [0.15, 0.2) is 0 Å². The first kappa shape index (κ1) is 24.5. The maximum Gasteiger partial charge on any atom is 0.238 e. The largest absolute Gasteiger partial charge is 0.459 e. The average molecular weight is 511 g/mol. The lowest BCUT2D eigenvalue weighted by molar-refractivity contribution is -0.122. The Morgan fingerprint density at radius 1 is 1.05 bits per heavy atom. The number of imide groups is 1. The molecule has 194 valence electrons. The molecule has 0 bridgehead atoms. The second-order valence-electron chi connectivity index (χ2n) is 10.2. The molecule has 1 aliphatic carbocycles. The number of carbonyl (C=O) groups is 2. The fraction of sp³-hybridized carbons (Fsp3) is 0.323. The number of furan rings is 1. The van der Waals surface area contributed by atoms with Crippen LogP contribution in [-0.4, -0.2) is 34.6 Å². The predicted molar refractivity (Wildman–Crippen MR) is 142 cm³/mol. The van der Waals surface area contributed by atoms with E-state index in [4.69, 9.17) is 9.15 Å². The van der Waals surface area contributed by atoms with Gasteiger partial charge in [0.05, 0.1) is 35.9 Å². The Kier molecular flexibility index (Phi) is 6.55. The molecule has 0 radical (unpaired) electrons. The number of para-hydroxylation sites is 1. The third kappa shape index (κ3) is 4.31. The van der Waals surface area contributed by atoms with Crippen molar-refractivity contribution in [2.75, 3.05) is 11.5 Å². The van der Waals surface area contributed by atoms with Gasteiger partial charge in [0.2, 0.25) is 11.8 Å². The number of amides is 2. The van der Waals surface area contributed by atoms with Gasteiger partial charge in [0.1, 0.15) is 18.1 Å². The van der Waals surface area contributed by atoms with Gasteiger partial charge in [-0.1, -0.05) is 29.8 Å². The van der Waals surface area contributed by atoms with E-state index in [1.54, 1.807) is 12.3 Å². The fourth-order valence-corrected chi connectivity index (χ4v) is 6.30. The first-order valence-corrected chi connectivity index (χ1v) is 13.1. The van der Waals surface area contributed by atoms with Gasteiger partial charge in [0, 0.05) is 12.1 Å². The molecular weight excluding hydrogens is 480 g/mol. The summed E-state index contributed by atoms with van der Waals surface area (Å²) in [5.74, 6) is 0.164. The first-order chi connectivity index (χ1) is 18.5. The molecule has 3 aromatic rings. The van der Waals surface area contributed by atoms with Gasteiger partial charge in [-0.15, -0.1) is 0 Å². The van der Waals surface area contributed by atoms with Crippen LogP contribution in [0.15, 0.2) is 82.4 Å². The highest BCUT2D eigenvalue weighted by atomic mass is 16.5. The molecule has 38 heavy (non-hydrogen) atoms. The van der Waals surface area contributed by atoms with Crippen LogP contribution in [0, 0.1) is 17.8 Å². The van der Waals surface area contributed by atoms with Crippen molar-refractivity contribution in [2.24, 2.45) is 17.8 Å². The second kappa shape index (κ2) is 10.2. The number of pyridine rings is 1. The number of aliphatic hydroxyl groups is 1. The van der Waals surface area contributed by atoms with Crippen LogP contribution in [0.5, 0.6) is 0 Å². The van der Waals surface area contributed by atoms with Gasteiger partial charge in [-0.25, -0.2) is 0 Å². The molecule has 4 atom stereocenters. The maximum absolute atomic E-state index is 13.6. The van der Waals surface area contributed by atoms with E-state index in [0.29, 0.717) is 36.7 Å². The summed E-state index contributed by atoms with van der Waals surface area (Å²) in [5, 5.41) is 9.37. The number of anilines is 1. The van der Waals surface area contributed by atoms with E-state index in [1.165, 1.54) is 10.5 Å². The lowest BCUT2D eigenvalue weighted by Gasteiger charge is -2.30. The minimum Gasteiger partial charge on any atom is -0.459 e. The number of fused-ring (bicyclic) bond motifs is 3. The molecule has 2 amide bonds. The fourth-order valence-electron chi connectivity index (χ4n) is 6.30. The van der Waals surface area contributed by atoms with E-state index in [2.05, 4.69) is 11.9 Å². The summed E-state index contributed by atoms with van der Waals surface area (Å²) in [6.45, 7) is 2.38. The maximum atomic E-state index is 13.6. The summed E-state index contributed by atoms with van der Waals surface area (Å²) in [4.78, 5) is 32.8. The summed E-state index contributed by atoms with van der Waals surface area (Å²) < 4.78 is 12.0. The number of hydrogen-bond donors (Lipinski definition) is 1. The summed E-state index contributed by atoms with van der Waals surface area (Å²) in [5.41, 5.74) is 4.85. The topological polar surface area (TPSA) is 92.9 Å². The molecule has 2 aromatic heterocycles. The van der Waals surface area contributed by atoms with E-state index in [9.17, 15) is 14.7 Å². The summed E-state index contributed by atoms with van der Waals surface area (Å²) >= 11 is 0. The van der Waals surface area contributed by atoms with Gasteiger partial charge < -0.3 is 14.3 Å². The van der Waals surface area contributed by atoms with E-state index in [1.807, 2.05) is 60.7 Å². The van der Waals surface area contributed by atoms with E-state index >= 15 is 0 Å². The highest BCUT2D eigenvalue weighted by Gasteiger charge is 2.56. The monoisotopic (exact) mass is 510 g/mol. The molecule has 6 rings (SSSR count). The molecule has 3 aliphatic rings. The molecule has 4 heterocycles. The third-order valence-electron chi connectivity index (χ3n) is 7.99. The number of rotatable bonds is 7. The van der Waals surface area contributed by atoms with E-state index in [-0.39, 0.29) is 42.3 Å². The van der Waals surface area contributed by atoms with Crippen LogP contribution >= 0.6 is 0 Å². The molecule has 2 fully saturated rings. The van der Waals surface area contributed by atoms with Gasteiger partial charge in [-0.05, 0) is 79.8 Å². The zero-order chi connectivity index (χ0) is 26.2. The van der Waals surface area contributed by atoms with Crippen LogP contribution in [-0.2, 0) is 20.9 Å². The minimum absolute atomic E-state index is 0.0802. The van der Waals surface area contributed by atoms with Crippen molar-refractivity contribution in [3.8, 4) is 0 Å². The van der Waals surface area contributed by atoms with Crippen LogP contribution in [0.25, 0.3) is 11.6 Å². The number of aromatic nitrogens is 1.